The third-order valence-corrected chi connectivity index (χ3v) is 8.31. The molecule has 4 aromatic rings. The van der Waals surface area contributed by atoms with Crippen LogP contribution in [0.4, 0.5) is 0 Å². The van der Waals surface area contributed by atoms with Crippen molar-refractivity contribution >= 4 is 21.8 Å². The lowest BCUT2D eigenvalue weighted by Gasteiger charge is -2.19. The molecular weight excluding hydrogens is 474 g/mol. The standard InChI is InChI=1S/C28H31N3O2S2/c1-28(2,3)23-15-17-24(18-16-23)35(32,33)29-19-20-34-27-30-25(21-11-7-5-8-12-21)26(31(27)4)22-13-9-6-10-14-22/h5-18,29H,19-20H2,1-4H3. The summed E-state index contributed by atoms with van der Waals surface area (Å²) in [7, 11) is -1.56. The fourth-order valence-electron chi connectivity index (χ4n) is 3.87. The van der Waals surface area contributed by atoms with E-state index in [1.165, 1.54) is 11.8 Å². The van der Waals surface area contributed by atoms with Crippen LogP contribution in [0.25, 0.3) is 22.5 Å². The SMILES string of the molecule is Cn1c(SCCNS(=O)(=O)c2ccc(C(C)(C)C)cc2)nc(-c2ccccc2)c1-c1ccccc1. The van der Waals surface area contributed by atoms with Crippen LogP contribution in [0.15, 0.2) is 95.0 Å². The minimum Gasteiger partial charge on any atom is -0.322 e. The van der Waals surface area contributed by atoms with Crippen LogP contribution in [0.1, 0.15) is 26.3 Å². The molecule has 1 aromatic heterocycles. The molecule has 0 fully saturated rings. The van der Waals surface area contributed by atoms with E-state index in [1.807, 2.05) is 55.6 Å². The Hall–Kier alpha value is -2.87. The maximum Gasteiger partial charge on any atom is 0.240 e. The Kier molecular flexibility index (Phi) is 7.50. The van der Waals surface area contributed by atoms with Crippen molar-refractivity contribution < 1.29 is 8.42 Å². The molecule has 0 saturated carbocycles. The highest BCUT2D eigenvalue weighted by molar-refractivity contribution is 7.99. The number of nitrogens with one attached hydrogen (secondary N) is 1. The molecule has 7 heteroatoms. The van der Waals surface area contributed by atoms with E-state index < -0.39 is 10.0 Å². The third kappa shape index (κ3) is 5.86. The average molecular weight is 506 g/mol. The zero-order chi connectivity index (χ0) is 25.1. The molecule has 0 bridgehead atoms. The maximum atomic E-state index is 12.8. The van der Waals surface area contributed by atoms with E-state index in [1.54, 1.807) is 12.1 Å². The topological polar surface area (TPSA) is 64.0 Å². The van der Waals surface area contributed by atoms with E-state index in [0.717, 1.165) is 33.2 Å². The molecule has 3 aromatic carbocycles. The molecule has 0 aliphatic heterocycles. The van der Waals surface area contributed by atoms with Gasteiger partial charge in [0.2, 0.25) is 10.0 Å². The second-order valence-electron chi connectivity index (χ2n) is 9.40. The lowest BCUT2D eigenvalue weighted by molar-refractivity contribution is 0.580. The van der Waals surface area contributed by atoms with Gasteiger partial charge in [0.1, 0.15) is 0 Å². The van der Waals surface area contributed by atoms with Gasteiger partial charge in [-0.2, -0.15) is 0 Å². The van der Waals surface area contributed by atoms with E-state index in [9.17, 15) is 8.42 Å². The summed E-state index contributed by atoms with van der Waals surface area (Å²) >= 11 is 1.54. The van der Waals surface area contributed by atoms with Gasteiger partial charge in [0.25, 0.3) is 0 Å². The number of sulfonamides is 1. The monoisotopic (exact) mass is 505 g/mol. The molecule has 0 saturated heterocycles. The first-order valence-corrected chi connectivity index (χ1v) is 14.0. The molecule has 0 aliphatic carbocycles. The Labute approximate surface area is 212 Å². The number of aromatic nitrogens is 2. The van der Waals surface area contributed by atoms with Crippen LogP contribution in [-0.4, -0.2) is 30.3 Å². The number of hydrogen-bond donors (Lipinski definition) is 1. The zero-order valence-corrected chi connectivity index (χ0v) is 22.2. The van der Waals surface area contributed by atoms with Crippen LogP contribution in [-0.2, 0) is 22.5 Å². The predicted octanol–water partition coefficient (Wildman–Crippen LogP) is 6.12. The van der Waals surface area contributed by atoms with Crippen molar-refractivity contribution in [3.63, 3.8) is 0 Å². The minimum atomic E-state index is -3.57. The molecule has 182 valence electrons. The smallest absolute Gasteiger partial charge is 0.240 e. The summed E-state index contributed by atoms with van der Waals surface area (Å²) in [4.78, 5) is 5.21. The van der Waals surface area contributed by atoms with Gasteiger partial charge in [-0.05, 0) is 23.1 Å². The number of thioether (sulfide) groups is 1. The highest BCUT2D eigenvalue weighted by atomic mass is 32.2. The van der Waals surface area contributed by atoms with Gasteiger partial charge in [-0.1, -0.05) is 105 Å². The molecule has 0 amide bonds. The fourth-order valence-corrected chi connectivity index (χ4v) is 5.86. The zero-order valence-electron chi connectivity index (χ0n) is 20.5. The molecule has 4 rings (SSSR count). The Morgan fingerprint density at radius 3 is 2.00 bits per heavy atom. The largest absolute Gasteiger partial charge is 0.322 e. The average Bonchev–Trinajstić information content (AvgIpc) is 3.18. The van der Waals surface area contributed by atoms with Crippen molar-refractivity contribution in [2.45, 2.75) is 36.2 Å². The summed E-state index contributed by atoms with van der Waals surface area (Å²) in [6, 6.07) is 27.4. The first-order valence-electron chi connectivity index (χ1n) is 11.6. The fraction of sp³-hybridized carbons (Fsp3) is 0.250. The highest BCUT2D eigenvalue weighted by Gasteiger charge is 2.20. The molecule has 0 radical (unpaired) electrons. The van der Waals surface area contributed by atoms with Crippen molar-refractivity contribution in [2.24, 2.45) is 7.05 Å². The van der Waals surface area contributed by atoms with Gasteiger partial charge in [-0.15, -0.1) is 0 Å². The number of nitrogens with zero attached hydrogens (tertiary/aromatic N) is 2. The van der Waals surface area contributed by atoms with Crippen LogP contribution < -0.4 is 4.72 Å². The van der Waals surface area contributed by atoms with Crippen molar-refractivity contribution in [3.8, 4) is 22.5 Å². The summed E-state index contributed by atoms with van der Waals surface area (Å²) in [5.74, 6) is 0.562. The van der Waals surface area contributed by atoms with Crippen molar-refractivity contribution in [2.75, 3.05) is 12.3 Å². The summed E-state index contributed by atoms with van der Waals surface area (Å²) in [6.07, 6.45) is 0. The van der Waals surface area contributed by atoms with Crippen LogP contribution >= 0.6 is 11.8 Å². The summed E-state index contributed by atoms with van der Waals surface area (Å²) in [5, 5.41) is 0.844. The van der Waals surface area contributed by atoms with E-state index in [-0.39, 0.29) is 10.3 Å². The lowest BCUT2D eigenvalue weighted by Crippen LogP contribution is -2.26. The van der Waals surface area contributed by atoms with Crippen molar-refractivity contribution in [3.05, 3.63) is 90.5 Å². The molecular formula is C28H31N3O2S2. The van der Waals surface area contributed by atoms with Crippen LogP contribution in [0.5, 0.6) is 0 Å². The molecule has 35 heavy (non-hydrogen) atoms. The van der Waals surface area contributed by atoms with E-state index in [0.29, 0.717) is 12.3 Å². The summed E-state index contributed by atoms with van der Waals surface area (Å²) < 4.78 is 30.3. The third-order valence-electron chi connectivity index (χ3n) is 5.80. The highest BCUT2D eigenvalue weighted by Crippen LogP contribution is 2.35. The lowest BCUT2D eigenvalue weighted by atomic mass is 9.87. The predicted molar refractivity (Wildman–Crippen MR) is 145 cm³/mol. The van der Waals surface area contributed by atoms with Gasteiger partial charge in [-0.25, -0.2) is 18.1 Å². The minimum absolute atomic E-state index is 0.0222. The van der Waals surface area contributed by atoms with Crippen LogP contribution in [0, 0.1) is 0 Å². The van der Waals surface area contributed by atoms with Gasteiger partial charge in [-0.3, -0.25) is 0 Å². The van der Waals surface area contributed by atoms with Gasteiger partial charge in [0.15, 0.2) is 5.16 Å². The Balaban J connectivity index is 1.48. The van der Waals surface area contributed by atoms with Gasteiger partial charge in [0.05, 0.1) is 16.3 Å². The van der Waals surface area contributed by atoms with E-state index in [2.05, 4.69) is 54.3 Å². The van der Waals surface area contributed by atoms with E-state index >= 15 is 0 Å². The molecule has 1 heterocycles. The summed E-state index contributed by atoms with van der Waals surface area (Å²) in [6.45, 7) is 6.63. The number of imidazole rings is 1. The molecule has 0 unspecified atom stereocenters. The van der Waals surface area contributed by atoms with Crippen LogP contribution in [0.2, 0.25) is 0 Å². The molecule has 0 atom stereocenters. The van der Waals surface area contributed by atoms with Gasteiger partial charge < -0.3 is 4.57 Å². The number of rotatable bonds is 8. The first-order chi connectivity index (χ1) is 16.7. The normalized spacial score (nSPS) is 12.1. The number of hydrogen-bond acceptors (Lipinski definition) is 4. The summed E-state index contributed by atoms with van der Waals surface area (Å²) in [5.41, 5.74) is 5.18. The maximum absolute atomic E-state index is 12.8. The van der Waals surface area contributed by atoms with Gasteiger partial charge in [0, 0.05) is 30.5 Å². The van der Waals surface area contributed by atoms with Crippen molar-refractivity contribution in [1.82, 2.24) is 14.3 Å². The van der Waals surface area contributed by atoms with Crippen molar-refractivity contribution in [1.29, 1.82) is 0 Å². The van der Waals surface area contributed by atoms with E-state index in [4.69, 9.17) is 4.98 Å². The first kappa shape index (κ1) is 25.2. The molecule has 0 spiro atoms. The Bertz CT molecular complexity index is 1370. The second kappa shape index (κ2) is 10.4. The molecule has 5 nitrogen and oxygen atoms in total. The van der Waals surface area contributed by atoms with Gasteiger partial charge >= 0.3 is 0 Å². The Morgan fingerprint density at radius 1 is 0.857 bits per heavy atom. The Morgan fingerprint density at radius 2 is 1.43 bits per heavy atom. The molecule has 1 N–H and O–H groups in total. The number of benzene rings is 3. The second-order valence-corrected chi connectivity index (χ2v) is 12.2. The molecule has 0 aliphatic rings. The quantitative estimate of drug-likeness (QED) is 0.231. The van der Waals surface area contributed by atoms with Crippen LogP contribution in [0.3, 0.4) is 0 Å².